The van der Waals surface area contributed by atoms with Gasteiger partial charge in [0, 0.05) is 38.6 Å². The lowest BCUT2D eigenvalue weighted by atomic mass is 10.2. The van der Waals surface area contributed by atoms with Crippen LogP contribution in [0.3, 0.4) is 0 Å². The first kappa shape index (κ1) is 21.5. The summed E-state index contributed by atoms with van der Waals surface area (Å²) in [6, 6.07) is 0.440. The summed E-state index contributed by atoms with van der Waals surface area (Å²) in [5.41, 5.74) is 0. The number of nitrogens with one attached hydrogen (secondary N) is 2. The van der Waals surface area contributed by atoms with Gasteiger partial charge in [0.15, 0.2) is 5.96 Å². The largest absolute Gasteiger partial charge is 0.356 e. The zero-order chi connectivity index (χ0) is 18.5. The molecule has 1 aromatic heterocycles. The Bertz CT molecular complexity index is 478. The van der Waals surface area contributed by atoms with Gasteiger partial charge in [0.1, 0.15) is 5.82 Å². The average molecular weight is 351 g/mol. The number of imidazole rings is 1. The van der Waals surface area contributed by atoms with E-state index in [0.29, 0.717) is 6.04 Å². The van der Waals surface area contributed by atoms with Gasteiger partial charge in [0.05, 0.1) is 0 Å². The van der Waals surface area contributed by atoms with Crippen molar-refractivity contribution in [2.75, 3.05) is 33.2 Å². The van der Waals surface area contributed by atoms with Crippen LogP contribution in [0.4, 0.5) is 0 Å². The van der Waals surface area contributed by atoms with E-state index in [1.807, 2.05) is 26.4 Å². The molecule has 1 unspecified atom stereocenters. The Morgan fingerprint density at radius 1 is 1.28 bits per heavy atom. The van der Waals surface area contributed by atoms with Crippen molar-refractivity contribution in [3.8, 4) is 0 Å². The fourth-order valence-corrected chi connectivity index (χ4v) is 2.92. The Balaban J connectivity index is 2.13. The second kappa shape index (κ2) is 12.8. The highest BCUT2D eigenvalue weighted by molar-refractivity contribution is 5.79. The van der Waals surface area contributed by atoms with Gasteiger partial charge in [-0.25, -0.2) is 4.98 Å². The summed E-state index contributed by atoms with van der Waals surface area (Å²) in [5, 5.41) is 6.92. The van der Waals surface area contributed by atoms with E-state index in [-0.39, 0.29) is 0 Å². The molecule has 0 saturated heterocycles. The molecule has 0 aliphatic rings. The van der Waals surface area contributed by atoms with Gasteiger partial charge in [-0.05, 0) is 59.2 Å². The lowest BCUT2D eigenvalue weighted by Gasteiger charge is -2.21. The van der Waals surface area contributed by atoms with E-state index in [2.05, 4.69) is 50.8 Å². The summed E-state index contributed by atoms with van der Waals surface area (Å²) in [4.78, 5) is 11.1. The van der Waals surface area contributed by atoms with Crippen LogP contribution < -0.4 is 10.6 Å². The molecular formula is C19H38N6. The summed E-state index contributed by atoms with van der Waals surface area (Å²) >= 11 is 0. The number of aryl methyl sites for hydroxylation is 2. The molecular weight excluding hydrogens is 312 g/mol. The van der Waals surface area contributed by atoms with Gasteiger partial charge in [-0.1, -0.05) is 13.8 Å². The molecule has 0 spiro atoms. The van der Waals surface area contributed by atoms with Crippen molar-refractivity contribution in [2.45, 2.75) is 66.0 Å². The molecule has 0 amide bonds. The molecule has 6 nitrogen and oxygen atoms in total. The van der Waals surface area contributed by atoms with E-state index in [1.54, 1.807) is 0 Å². The van der Waals surface area contributed by atoms with Crippen molar-refractivity contribution in [3.63, 3.8) is 0 Å². The summed E-state index contributed by atoms with van der Waals surface area (Å²) in [6.45, 7) is 14.2. The fourth-order valence-electron chi connectivity index (χ4n) is 2.92. The maximum Gasteiger partial charge on any atom is 0.191 e. The van der Waals surface area contributed by atoms with Crippen molar-refractivity contribution in [1.29, 1.82) is 0 Å². The van der Waals surface area contributed by atoms with Crippen molar-refractivity contribution in [1.82, 2.24) is 25.1 Å². The quantitative estimate of drug-likeness (QED) is 0.346. The third kappa shape index (κ3) is 8.91. The molecule has 0 radical (unpaired) electrons. The SMILES string of the molecule is CCN(CC)CCCC(C)NC(=NC)NCCCCn1ccnc1C. The van der Waals surface area contributed by atoms with Crippen LogP contribution >= 0.6 is 0 Å². The topological polar surface area (TPSA) is 57.5 Å². The smallest absolute Gasteiger partial charge is 0.191 e. The third-order valence-electron chi connectivity index (χ3n) is 4.65. The number of hydrogen-bond acceptors (Lipinski definition) is 3. The minimum Gasteiger partial charge on any atom is -0.356 e. The van der Waals surface area contributed by atoms with Crippen LogP contribution in [0.15, 0.2) is 17.4 Å². The van der Waals surface area contributed by atoms with Crippen LogP contribution in [0.25, 0.3) is 0 Å². The Morgan fingerprint density at radius 2 is 2.04 bits per heavy atom. The molecule has 0 bridgehead atoms. The van der Waals surface area contributed by atoms with E-state index >= 15 is 0 Å². The second-order valence-electron chi connectivity index (χ2n) is 6.59. The first-order valence-electron chi connectivity index (χ1n) is 9.77. The normalized spacial score (nSPS) is 13.3. The maximum absolute atomic E-state index is 4.33. The molecule has 0 aromatic carbocycles. The van der Waals surface area contributed by atoms with Crippen LogP contribution in [0.2, 0.25) is 0 Å². The lowest BCUT2D eigenvalue weighted by Crippen LogP contribution is -2.42. The number of guanidine groups is 1. The number of hydrogen-bond donors (Lipinski definition) is 2. The fraction of sp³-hybridized carbons (Fsp3) is 0.789. The molecule has 0 saturated carbocycles. The predicted octanol–water partition coefficient (Wildman–Crippen LogP) is 2.65. The Labute approximate surface area is 154 Å². The highest BCUT2D eigenvalue weighted by atomic mass is 15.2. The van der Waals surface area contributed by atoms with Crippen molar-refractivity contribution in [2.24, 2.45) is 4.99 Å². The molecule has 0 aliphatic heterocycles. The van der Waals surface area contributed by atoms with E-state index in [1.165, 1.54) is 13.0 Å². The standard InChI is InChI=1S/C19H38N6/c1-6-24(7-2)14-10-11-17(3)23-19(20-5)22-12-8-9-15-25-16-13-21-18(25)4/h13,16-17H,6-12,14-15H2,1-5H3,(H2,20,22,23). The zero-order valence-electron chi connectivity index (χ0n) is 16.9. The highest BCUT2D eigenvalue weighted by Gasteiger charge is 2.06. The molecule has 144 valence electrons. The van der Waals surface area contributed by atoms with Gasteiger partial charge in [0.2, 0.25) is 0 Å². The van der Waals surface area contributed by atoms with Gasteiger partial charge in [0.25, 0.3) is 0 Å². The molecule has 1 atom stereocenters. The monoisotopic (exact) mass is 350 g/mol. The molecule has 0 fully saturated rings. The molecule has 1 heterocycles. The molecule has 6 heteroatoms. The van der Waals surface area contributed by atoms with Crippen LogP contribution in [-0.2, 0) is 6.54 Å². The number of aliphatic imine (C=N–C) groups is 1. The summed E-state index contributed by atoms with van der Waals surface area (Å²) in [6.07, 6.45) is 8.55. The number of aromatic nitrogens is 2. The van der Waals surface area contributed by atoms with Crippen LogP contribution in [0.5, 0.6) is 0 Å². The molecule has 0 aliphatic carbocycles. The zero-order valence-corrected chi connectivity index (χ0v) is 16.9. The Morgan fingerprint density at radius 3 is 2.64 bits per heavy atom. The van der Waals surface area contributed by atoms with E-state index in [0.717, 1.165) is 57.2 Å². The lowest BCUT2D eigenvalue weighted by molar-refractivity contribution is 0.292. The Hall–Kier alpha value is -1.56. The highest BCUT2D eigenvalue weighted by Crippen LogP contribution is 2.01. The molecule has 1 rings (SSSR count). The summed E-state index contributed by atoms with van der Waals surface area (Å²) in [5.74, 6) is 2.00. The second-order valence-corrected chi connectivity index (χ2v) is 6.59. The first-order chi connectivity index (χ1) is 12.1. The molecule has 25 heavy (non-hydrogen) atoms. The van der Waals surface area contributed by atoms with Gasteiger partial charge >= 0.3 is 0 Å². The molecule has 2 N–H and O–H groups in total. The van der Waals surface area contributed by atoms with Gasteiger partial charge < -0.3 is 20.1 Å². The minimum absolute atomic E-state index is 0.440. The summed E-state index contributed by atoms with van der Waals surface area (Å²) < 4.78 is 2.20. The first-order valence-corrected chi connectivity index (χ1v) is 9.77. The Kier molecular flexibility index (Phi) is 11.0. The van der Waals surface area contributed by atoms with Crippen molar-refractivity contribution in [3.05, 3.63) is 18.2 Å². The maximum atomic E-state index is 4.33. The van der Waals surface area contributed by atoms with E-state index in [9.17, 15) is 0 Å². The van der Waals surface area contributed by atoms with Crippen LogP contribution in [-0.4, -0.2) is 59.7 Å². The van der Waals surface area contributed by atoms with Crippen LogP contribution in [0, 0.1) is 6.92 Å². The minimum atomic E-state index is 0.440. The number of nitrogens with zero attached hydrogens (tertiary/aromatic N) is 4. The third-order valence-corrected chi connectivity index (χ3v) is 4.65. The van der Waals surface area contributed by atoms with Crippen molar-refractivity contribution >= 4 is 5.96 Å². The number of unbranched alkanes of at least 4 members (excludes halogenated alkanes) is 1. The molecule has 1 aromatic rings. The van der Waals surface area contributed by atoms with Gasteiger partial charge in [-0.15, -0.1) is 0 Å². The predicted molar refractivity (Wildman–Crippen MR) is 107 cm³/mol. The van der Waals surface area contributed by atoms with Crippen LogP contribution in [0.1, 0.15) is 52.3 Å². The summed E-state index contributed by atoms with van der Waals surface area (Å²) in [7, 11) is 1.84. The van der Waals surface area contributed by atoms with E-state index < -0.39 is 0 Å². The van der Waals surface area contributed by atoms with Gasteiger partial charge in [-0.3, -0.25) is 4.99 Å². The van der Waals surface area contributed by atoms with E-state index in [4.69, 9.17) is 0 Å². The van der Waals surface area contributed by atoms with Gasteiger partial charge in [-0.2, -0.15) is 0 Å². The average Bonchev–Trinajstić information content (AvgIpc) is 3.02. The number of rotatable bonds is 12. The van der Waals surface area contributed by atoms with Crippen molar-refractivity contribution < 1.29 is 0 Å².